The molecule has 0 radical (unpaired) electrons. The van der Waals surface area contributed by atoms with Crippen molar-refractivity contribution < 1.29 is 4.74 Å². The Bertz CT molecular complexity index is 567. The molecule has 2 rings (SSSR count). The molecule has 0 unspecified atom stereocenters. The zero-order valence-electron chi connectivity index (χ0n) is 11.9. The van der Waals surface area contributed by atoms with Gasteiger partial charge in [-0.1, -0.05) is 26.8 Å². The molecular weight excluding hydrogens is 238 g/mol. The summed E-state index contributed by atoms with van der Waals surface area (Å²) in [6, 6.07) is 8.05. The van der Waals surface area contributed by atoms with Crippen molar-refractivity contribution >= 4 is 5.82 Å². The molecule has 4 nitrogen and oxygen atoms in total. The Labute approximate surface area is 114 Å². The average Bonchev–Trinajstić information content (AvgIpc) is 2.73. The maximum Gasteiger partial charge on any atom is 0.145 e. The van der Waals surface area contributed by atoms with Crippen LogP contribution < -0.4 is 10.5 Å². The van der Waals surface area contributed by atoms with Crippen molar-refractivity contribution in [3.8, 4) is 17.0 Å². The third-order valence-corrected chi connectivity index (χ3v) is 2.89. The van der Waals surface area contributed by atoms with Crippen LogP contribution in [0.1, 0.15) is 26.3 Å². The number of aromatic nitrogens is 2. The Balaban J connectivity index is 2.42. The second kappa shape index (κ2) is 4.96. The van der Waals surface area contributed by atoms with Crippen LogP contribution >= 0.6 is 0 Å². The topological polar surface area (TPSA) is 63.9 Å². The second-order valence-electron chi connectivity index (χ2n) is 5.98. The summed E-state index contributed by atoms with van der Waals surface area (Å²) in [5.41, 5.74) is 9.06. The highest BCUT2D eigenvalue weighted by Gasteiger charge is 2.14. The fraction of sp³-hybridized carbons (Fsp3) is 0.400. The summed E-state index contributed by atoms with van der Waals surface area (Å²) in [5.74, 6) is 1.31. The van der Waals surface area contributed by atoms with E-state index in [-0.39, 0.29) is 5.41 Å². The van der Waals surface area contributed by atoms with Crippen LogP contribution in [0.5, 0.6) is 5.75 Å². The maximum absolute atomic E-state index is 5.66. The number of hydrogen-bond acceptors (Lipinski definition) is 3. The molecule has 0 aliphatic rings. The van der Waals surface area contributed by atoms with Crippen LogP contribution in [0.2, 0.25) is 0 Å². The van der Waals surface area contributed by atoms with Gasteiger partial charge in [-0.3, -0.25) is 5.10 Å². The van der Waals surface area contributed by atoms with E-state index in [0.717, 1.165) is 23.4 Å². The number of nitrogen functional groups attached to an aromatic ring is 1. The largest absolute Gasteiger partial charge is 0.496 e. The molecule has 0 bridgehead atoms. The monoisotopic (exact) mass is 259 g/mol. The first-order valence-electron chi connectivity index (χ1n) is 6.37. The van der Waals surface area contributed by atoms with Gasteiger partial charge in [0.2, 0.25) is 0 Å². The number of anilines is 1. The molecule has 0 saturated heterocycles. The van der Waals surface area contributed by atoms with Crippen LogP contribution in [-0.4, -0.2) is 17.3 Å². The molecule has 4 heteroatoms. The van der Waals surface area contributed by atoms with Crippen LogP contribution in [0.25, 0.3) is 11.3 Å². The molecule has 0 aliphatic heterocycles. The number of hydrogen-bond donors (Lipinski definition) is 2. The van der Waals surface area contributed by atoms with Crippen molar-refractivity contribution in [2.45, 2.75) is 27.2 Å². The lowest BCUT2D eigenvalue weighted by atomic mass is 9.87. The highest BCUT2D eigenvalue weighted by Crippen LogP contribution is 2.32. The molecule has 0 saturated carbocycles. The zero-order chi connectivity index (χ0) is 14.0. The third kappa shape index (κ3) is 3.28. The van der Waals surface area contributed by atoms with Gasteiger partial charge in [0.1, 0.15) is 11.6 Å². The van der Waals surface area contributed by atoms with Gasteiger partial charge < -0.3 is 10.5 Å². The fourth-order valence-corrected chi connectivity index (χ4v) is 2.16. The molecule has 0 spiro atoms. The smallest absolute Gasteiger partial charge is 0.145 e. The van der Waals surface area contributed by atoms with Crippen molar-refractivity contribution in [1.82, 2.24) is 10.2 Å². The van der Waals surface area contributed by atoms with E-state index in [0.29, 0.717) is 5.82 Å². The molecule has 1 aromatic carbocycles. The van der Waals surface area contributed by atoms with Gasteiger partial charge in [-0.2, -0.15) is 5.10 Å². The average molecular weight is 259 g/mol. The van der Waals surface area contributed by atoms with Crippen LogP contribution in [0.3, 0.4) is 0 Å². The van der Waals surface area contributed by atoms with Gasteiger partial charge >= 0.3 is 0 Å². The summed E-state index contributed by atoms with van der Waals surface area (Å²) >= 11 is 0. The van der Waals surface area contributed by atoms with Gasteiger partial charge in [0, 0.05) is 11.6 Å². The lowest BCUT2D eigenvalue weighted by Gasteiger charge is -2.19. The van der Waals surface area contributed by atoms with Gasteiger partial charge in [0.05, 0.1) is 12.8 Å². The number of nitrogens with zero attached hydrogens (tertiary/aromatic N) is 1. The molecule has 0 aliphatic carbocycles. The van der Waals surface area contributed by atoms with E-state index in [1.807, 2.05) is 12.1 Å². The molecule has 1 aromatic heterocycles. The quantitative estimate of drug-likeness (QED) is 0.889. The first-order chi connectivity index (χ1) is 8.89. The van der Waals surface area contributed by atoms with Gasteiger partial charge in [0.15, 0.2) is 0 Å². The maximum atomic E-state index is 5.66. The minimum absolute atomic E-state index is 0.249. The van der Waals surface area contributed by atoms with Crippen LogP contribution in [0.15, 0.2) is 24.3 Å². The number of methoxy groups -OCH3 is 1. The molecule has 19 heavy (non-hydrogen) atoms. The van der Waals surface area contributed by atoms with Crippen molar-refractivity contribution in [3.05, 3.63) is 29.8 Å². The third-order valence-electron chi connectivity index (χ3n) is 2.89. The van der Waals surface area contributed by atoms with Gasteiger partial charge in [-0.25, -0.2) is 0 Å². The number of rotatable bonds is 3. The van der Waals surface area contributed by atoms with E-state index < -0.39 is 0 Å². The molecule has 102 valence electrons. The van der Waals surface area contributed by atoms with Crippen molar-refractivity contribution in [1.29, 1.82) is 0 Å². The second-order valence-corrected chi connectivity index (χ2v) is 5.98. The summed E-state index contributed by atoms with van der Waals surface area (Å²) in [5, 5.41) is 6.90. The molecule has 0 atom stereocenters. The highest BCUT2D eigenvalue weighted by molar-refractivity contribution is 5.69. The van der Waals surface area contributed by atoms with E-state index in [9.17, 15) is 0 Å². The fourth-order valence-electron chi connectivity index (χ4n) is 2.16. The number of H-pyrrole nitrogens is 1. The molecule has 1 heterocycles. The van der Waals surface area contributed by atoms with Crippen molar-refractivity contribution in [2.75, 3.05) is 12.8 Å². The molecule has 0 fully saturated rings. The number of benzene rings is 1. The summed E-state index contributed by atoms with van der Waals surface area (Å²) in [6.07, 6.45) is 1.01. The Morgan fingerprint density at radius 3 is 2.53 bits per heavy atom. The van der Waals surface area contributed by atoms with Crippen molar-refractivity contribution in [3.63, 3.8) is 0 Å². The Morgan fingerprint density at radius 2 is 2.00 bits per heavy atom. The normalized spacial score (nSPS) is 11.6. The Kier molecular flexibility index (Phi) is 3.51. The lowest BCUT2D eigenvalue weighted by molar-refractivity contribution is 0.407. The Morgan fingerprint density at radius 1 is 1.26 bits per heavy atom. The molecule has 0 amide bonds. The van der Waals surface area contributed by atoms with Crippen LogP contribution in [0.4, 0.5) is 5.82 Å². The number of aromatic amines is 1. The predicted molar refractivity (Wildman–Crippen MR) is 78.1 cm³/mol. The summed E-state index contributed by atoms with van der Waals surface area (Å²) in [4.78, 5) is 0. The Hall–Kier alpha value is -1.97. The molecule has 3 N–H and O–H groups in total. The minimum atomic E-state index is 0.249. The highest BCUT2D eigenvalue weighted by atomic mass is 16.5. The zero-order valence-corrected chi connectivity index (χ0v) is 11.9. The van der Waals surface area contributed by atoms with Gasteiger partial charge in [-0.05, 0) is 29.5 Å². The first-order valence-corrected chi connectivity index (χ1v) is 6.37. The SMILES string of the molecule is COc1ccc(CC(C)(C)C)cc1-c1cc(N)n[nH]1. The molecule has 2 aromatic rings. The number of nitrogens with one attached hydrogen (secondary N) is 1. The summed E-state index contributed by atoms with van der Waals surface area (Å²) in [6.45, 7) is 6.68. The summed E-state index contributed by atoms with van der Waals surface area (Å²) in [7, 11) is 1.67. The van der Waals surface area contributed by atoms with Crippen LogP contribution in [-0.2, 0) is 6.42 Å². The first kappa shape index (κ1) is 13.5. The van der Waals surface area contributed by atoms with E-state index in [4.69, 9.17) is 10.5 Å². The van der Waals surface area contributed by atoms with E-state index in [1.54, 1.807) is 7.11 Å². The van der Waals surface area contributed by atoms with Gasteiger partial charge in [0.25, 0.3) is 0 Å². The standard InChI is InChI=1S/C15H21N3O/c1-15(2,3)9-10-5-6-13(19-4)11(7-10)12-8-14(16)18-17-12/h5-8H,9H2,1-4H3,(H3,16,17,18). The number of ether oxygens (including phenoxy) is 1. The van der Waals surface area contributed by atoms with Crippen LogP contribution in [0, 0.1) is 5.41 Å². The summed E-state index contributed by atoms with van der Waals surface area (Å²) < 4.78 is 5.41. The van der Waals surface area contributed by atoms with E-state index in [1.165, 1.54) is 5.56 Å². The van der Waals surface area contributed by atoms with Gasteiger partial charge in [-0.15, -0.1) is 0 Å². The van der Waals surface area contributed by atoms with E-state index >= 15 is 0 Å². The van der Waals surface area contributed by atoms with E-state index in [2.05, 4.69) is 43.1 Å². The lowest BCUT2D eigenvalue weighted by Crippen LogP contribution is -2.09. The predicted octanol–water partition coefficient (Wildman–Crippen LogP) is 3.26. The van der Waals surface area contributed by atoms with Crippen molar-refractivity contribution in [2.24, 2.45) is 5.41 Å². The molecular formula is C15H21N3O. The minimum Gasteiger partial charge on any atom is -0.496 e. The number of nitrogens with two attached hydrogens (primary N) is 1.